The summed E-state index contributed by atoms with van der Waals surface area (Å²) < 4.78 is 2.37. The Balaban J connectivity index is 1.73. The van der Waals surface area contributed by atoms with Gasteiger partial charge in [0.2, 0.25) is 0 Å². The van der Waals surface area contributed by atoms with Gasteiger partial charge in [0.25, 0.3) is 0 Å². The highest BCUT2D eigenvalue weighted by molar-refractivity contribution is 6.30. The molecule has 3 nitrogen and oxygen atoms in total. The van der Waals surface area contributed by atoms with Crippen LogP contribution in [0.4, 0.5) is 0 Å². The first-order valence-corrected chi connectivity index (χ1v) is 8.66. The van der Waals surface area contributed by atoms with Crippen molar-refractivity contribution in [3.05, 3.63) is 64.4 Å². The topological polar surface area (TPSA) is 30.2 Å². The molecule has 0 saturated heterocycles. The van der Waals surface area contributed by atoms with Gasteiger partial charge in [-0.3, -0.25) is 4.99 Å². The van der Waals surface area contributed by atoms with Gasteiger partial charge < -0.3 is 4.57 Å². The molecule has 0 fully saturated rings. The molecule has 0 spiro atoms. The molecule has 0 atom stereocenters. The van der Waals surface area contributed by atoms with Gasteiger partial charge in [-0.1, -0.05) is 35.9 Å². The zero-order valence-electron chi connectivity index (χ0n) is 13.2. The smallest absolute Gasteiger partial charge is 0.109 e. The second-order valence-electron chi connectivity index (χ2n) is 6.37. The van der Waals surface area contributed by atoms with Crippen LogP contribution in [-0.4, -0.2) is 15.8 Å². The summed E-state index contributed by atoms with van der Waals surface area (Å²) in [4.78, 5) is 9.32. The van der Waals surface area contributed by atoms with E-state index in [1.807, 2.05) is 24.4 Å². The predicted octanol–water partition coefficient (Wildman–Crippen LogP) is 4.75. The molecule has 1 aromatic heterocycles. The monoisotopic (exact) mass is 333 g/mol. The number of halogens is 1. The third kappa shape index (κ3) is 2.12. The second-order valence-corrected chi connectivity index (χ2v) is 6.81. The molecule has 2 aromatic carbocycles. The zero-order chi connectivity index (χ0) is 16.1. The zero-order valence-corrected chi connectivity index (χ0v) is 13.9. The van der Waals surface area contributed by atoms with Crippen molar-refractivity contribution in [2.24, 2.45) is 4.99 Å². The van der Waals surface area contributed by atoms with Crippen LogP contribution in [-0.2, 0) is 19.5 Å². The van der Waals surface area contributed by atoms with E-state index >= 15 is 0 Å². The Morgan fingerprint density at radius 1 is 1.04 bits per heavy atom. The molecule has 2 aliphatic heterocycles. The van der Waals surface area contributed by atoms with Gasteiger partial charge in [-0.25, -0.2) is 4.98 Å². The van der Waals surface area contributed by atoms with Crippen LogP contribution in [0.1, 0.15) is 23.4 Å². The van der Waals surface area contributed by atoms with Crippen molar-refractivity contribution in [3.8, 4) is 22.5 Å². The minimum Gasteiger partial charge on any atom is -0.327 e. The molecular weight excluding hydrogens is 318 g/mol. The normalized spacial score (nSPS) is 14.9. The summed E-state index contributed by atoms with van der Waals surface area (Å²) in [6.07, 6.45) is 4.17. The van der Waals surface area contributed by atoms with Crippen LogP contribution in [0.3, 0.4) is 0 Å². The first-order chi connectivity index (χ1) is 11.8. The maximum atomic E-state index is 6.21. The van der Waals surface area contributed by atoms with Crippen molar-refractivity contribution in [2.75, 3.05) is 0 Å². The Kier molecular flexibility index (Phi) is 3.10. The van der Waals surface area contributed by atoms with Crippen LogP contribution < -0.4 is 0 Å². The minimum atomic E-state index is 0.744. The molecule has 4 heteroatoms. The van der Waals surface area contributed by atoms with Crippen LogP contribution in [0.25, 0.3) is 22.5 Å². The van der Waals surface area contributed by atoms with Crippen molar-refractivity contribution >= 4 is 17.8 Å². The van der Waals surface area contributed by atoms with Gasteiger partial charge in [0.1, 0.15) is 5.82 Å². The summed E-state index contributed by atoms with van der Waals surface area (Å²) in [5, 5.41) is 0.744. The molecule has 0 radical (unpaired) electrons. The number of fused-ring (bicyclic) bond motifs is 2. The Labute approximate surface area is 145 Å². The molecule has 0 aliphatic carbocycles. The maximum Gasteiger partial charge on any atom is 0.109 e. The molecule has 0 amide bonds. The largest absolute Gasteiger partial charge is 0.327 e. The number of benzene rings is 2. The van der Waals surface area contributed by atoms with Gasteiger partial charge in [0.05, 0.1) is 17.9 Å². The quantitative estimate of drug-likeness (QED) is 0.665. The average Bonchev–Trinajstić information content (AvgIpc) is 3.29. The predicted molar refractivity (Wildman–Crippen MR) is 97.7 cm³/mol. The molecule has 24 heavy (non-hydrogen) atoms. The van der Waals surface area contributed by atoms with Crippen LogP contribution in [0.15, 0.2) is 47.5 Å². The van der Waals surface area contributed by atoms with Gasteiger partial charge in [-0.2, -0.15) is 0 Å². The fourth-order valence-electron chi connectivity index (χ4n) is 3.71. The van der Waals surface area contributed by atoms with E-state index in [9.17, 15) is 0 Å². The number of aryl methyl sites for hydroxylation is 1. The lowest BCUT2D eigenvalue weighted by Gasteiger charge is -2.10. The number of rotatable bonds is 2. The highest BCUT2D eigenvalue weighted by Crippen LogP contribution is 2.37. The summed E-state index contributed by atoms with van der Waals surface area (Å²) in [7, 11) is 0. The Hall–Kier alpha value is -2.39. The summed E-state index contributed by atoms with van der Waals surface area (Å²) in [6.45, 7) is 1.81. The Morgan fingerprint density at radius 2 is 2.00 bits per heavy atom. The number of aromatic nitrogens is 2. The molecular formula is C20H16ClN3. The molecule has 0 bridgehead atoms. The maximum absolute atomic E-state index is 6.21. The minimum absolute atomic E-state index is 0.744. The number of hydrogen-bond acceptors (Lipinski definition) is 2. The van der Waals surface area contributed by atoms with Crippen molar-refractivity contribution in [2.45, 2.75) is 25.9 Å². The molecule has 0 unspecified atom stereocenters. The van der Waals surface area contributed by atoms with Gasteiger partial charge in [0, 0.05) is 35.3 Å². The fourth-order valence-corrected chi connectivity index (χ4v) is 3.90. The average molecular weight is 334 g/mol. The molecule has 3 aromatic rings. The lowest BCUT2D eigenvalue weighted by Crippen LogP contribution is -1.97. The van der Waals surface area contributed by atoms with Crippen molar-refractivity contribution in [1.82, 2.24) is 9.55 Å². The van der Waals surface area contributed by atoms with Gasteiger partial charge in [-0.05, 0) is 35.7 Å². The summed E-state index contributed by atoms with van der Waals surface area (Å²) in [5.41, 5.74) is 7.05. The first kappa shape index (κ1) is 14.0. The Morgan fingerprint density at radius 3 is 2.92 bits per heavy atom. The summed E-state index contributed by atoms with van der Waals surface area (Å²) in [6, 6.07) is 14.6. The standard InChI is InChI=1S/C20H16ClN3/c21-17-4-1-3-13(10-17)19-20(24-8-2-5-18(24)23-19)14-6-7-15-11-22-12-16(15)9-14/h1,3-4,6-7,9-11H,2,5,8,12H2. The highest BCUT2D eigenvalue weighted by atomic mass is 35.5. The molecule has 5 rings (SSSR count). The van der Waals surface area contributed by atoms with E-state index in [1.54, 1.807) is 0 Å². The first-order valence-electron chi connectivity index (χ1n) is 8.28. The highest BCUT2D eigenvalue weighted by Gasteiger charge is 2.24. The van der Waals surface area contributed by atoms with E-state index in [4.69, 9.17) is 16.6 Å². The number of hydrogen-bond donors (Lipinski definition) is 0. The van der Waals surface area contributed by atoms with E-state index < -0.39 is 0 Å². The lowest BCUT2D eigenvalue weighted by molar-refractivity contribution is 0.756. The van der Waals surface area contributed by atoms with Crippen molar-refractivity contribution in [3.63, 3.8) is 0 Å². The SMILES string of the molecule is Clc1cccc(-c2nc3n(c2-c2ccc4c(c2)CN=C4)CCC3)c1. The number of imidazole rings is 1. The third-order valence-corrected chi connectivity index (χ3v) is 5.07. The van der Waals surface area contributed by atoms with Gasteiger partial charge in [0.15, 0.2) is 0 Å². The molecule has 0 N–H and O–H groups in total. The molecule has 2 aliphatic rings. The summed E-state index contributed by atoms with van der Waals surface area (Å²) >= 11 is 6.21. The second kappa shape index (κ2) is 5.32. The van der Waals surface area contributed by atoms with Crippen LogP contribution in [0.5, 0.6) is 0 Å². The van der Waals surface area contributed by atoms with Crippen molar-refractivity contribution in [1.29, 1.82) is 0 Å². The van der Waals surface area contributed by atoms with Crippen molar-refractivity contribution < 1.29 is 0 Å². The van der Waals surface area contributed by atoms with Crippen LogP contribution in [0, 0.1) is 0 Å². The van der Waals surface area contributed by atoms with Gasteiger partial charge in [-0.15, -0.1) is 0 Å². The number of aliphatic imine (C=N–C) groups is 1. The van der Waals surface area contributed by atoms with E-state index in [0.717, 1.165) is 35.8 Å². The van der Waals surface area contributed by atoms with Crippen LogP contribution >= 0.6 is 11.6 Å². The Bertz CT molecular complexity index is 985. The third-order valence-electron chi connectivity index (χ3n) is 4.84. The van der Waals surface area contributed by atoms with E-state index in [1.165, 1.54) is 34.6 Å². The lowest BCUT2D eigenvalue weighted by atomic mass is 10.0. The van der Waals surface area contributed by atoms with E-state index in [0.29, 0.717) is 0 Å². The summed E-state index contributed by atoms with van der Waals surface area (Å²) in [5.74, 6) is 1.18. The van der Waals surface area contributed by atoms with Crippen LogP contribution in [0.2, 0.25) is 5.02 Å². The molecule has 118 valence electrons. The number of nitrogens with zero attached hydrogens (tertiary/aromatic N) is 3. The van der Waals surface area contributed by atoms with E-state index in [-0.39, 0.29) is 0 Å². The van der Waals surface area contributed by atoms with Gasteiger partial charge >= 0.3 is 0 Å². The molecule has 3 heterocycles. The molecule has 0 saturated carbocycles. The fraction of sp³-hybridized carbons (Fsp3) is 0.200. The van der Waals surface area contributed by atoms with E-state index in [2.05, 4.69) is 33.8 Å².